The minimum Gasteiger partial charge on any atom is -0.493 e. The number of hydrogen-bond donors (Lipinski definition) is 4. The van der Waals surface area contributed by atoms with Gasteiger partial charge in [0, 0.05) is 38.8 Å². The molecule has 1 heterocycles. The van der Waals surface area contributed by atoms with Crippen molar-refractivity contribution >= 4 is 34.4 Å². The van der Waals surface area contributed by atoms with Crippen LogP contribution in [0.25, 0.3) is 0 Å². The minimum absolute atomic E-state index is 0.0610. The molecule has 1 aliphatic heterocycles. The van der Waals surface area contributed by atoms with Crippen LogP contribution in [0.3, 0.4) is 0 Å². The fraction of sp³-hybridized carbons (Fsp3) is 0.600. The number of ether oxygens (including phenoxy) is 4. The summed E-state index contributed by atoms with van der Waals surface area (Å²) in [5.74, 6) is 0.00353. The maximum atomic E-state index is 13.4. The number of nitrogens with one attached hydrogen (secondary N) is 1. The highest BCUT2D eigenvalue weighted by Crippen LogP contribution is 2.37. The summed E-state index contributed by atoms with van der Waals surface area (Å²) >= 11 is 2.05. The first-order chi connectivity index (χ1) is 17.8. The highest BCUT2D eigenvalue weighted by atomic mass is 127. The number of halogens is 1. The summed E-state index contributed by atoms with van der Waals surface area (Å²) in [5.41, 5.74) is 0.945. The molecule has 11 nitrogen and oxygen atoms in total. The van der Waals surface area contributed by atoms with Crippen LogP contribution in [-0.4, -0.2) is 104 Å². The topological polar surface area (TPSA) is 147 Å². The van der Waals surface area contributed by atoms with Crippen molar-refractivity contribution < 1.29 is 43.9 Å². The van der Waals surface area contributed by atoms with E-state index in [-0.39, 0.29) is 45.2 Å². The van der Waals surface area contributed by atoms with E-state index in [1.165, 1.54) is 25.2 Å². The third-order valence-electron chi connectivity index (χ3n) is 6.36. The summed E-state index contributed by atoms with van der Waals surface area (Å²) in [5, 5.41) is 32.8. The molecule has 0 spiro atoms. The zero-order valence-corrected chi connectivity index (χ0v) is 23.2. The predicted octanol–water partition coefficient (Wildman–Crippen LogP) is 0.362. The molecule has 1 fully saturated rings. The van der Waals surface area contributed by atoms with Crippen molar-refractivity contribution in [3.05, 3.63) is 32.9 Å². The molecule has 1 saturated heterocycles. The Morgan fingerprint density at radius 1 is 1.27 bits per heavy atom. The van der Waals surface area contributed by atoms with Gasteiger partial charge in [-0.25, -0.2) is 0 Å². The van der Waals surface area contributed by atoms with E-state index in [0.29, 0.717) is 39.2 Å². The van der Waals surface area contributed by atoms with Gasteiger partial charge in [-0.1, -0.05) is 0 Å². The number of rotatable bonds is 12. The number of amides is 2. The molecule has 1 aromatic carbocycles. The molecule has 2 aliphatic rings. The van der Waals surface area contributed by atoms with Crippen LogP contribution in [0, 0.1) is 3.57 Å². The Bertz CT molecular complexity index is 968. The summed E-state index contributed by atoms with van der Waals surface area (Å²) in [4.78, 5) is 27.9. The van der Waals surface area contributed by atoms with Gasteiger partial charge in [0.05, 0.1) is 36.5 Å². The second-order valence-corrected chi connectivity index (χ2v) is 9.97. The number of nitrogens with zero attached hydrogens (tertiary/aromatic N) is 1. The van der Waals surface area contributed by atoms with Gasteiger partial charge in [0.2, 0.25) is 5.91 Å². The summed E-state index contributed by atoms with van der Waals surface area (Å²) in [6.07, 6.45) is 0.162. The fourth-order valence-corrected chi connectivity index (χ4v) is 5.27. The first kappa shape index (κ1) is 29.6. The molecule has 3 rings (SSSR count). The largest absolute Gasteiger partial charge is 0.493 e. The second-order valence-electron chi connectivity index (χ2n) is 8.81. The molecule has 0 aromatic heterocycles. The number of carbonyl (C=O) groups excluding carboxylic acids is 2. The molecule has 37 heavy (non-hydrogen) atoms. The van der Waals surface area contributed by atoms with Gasteiger partial charge in [0.15, 0.2) is 11.5 Å². The molecule has 4 N–H and O–H groups in total. The standard InChI is InChI=1S/C25H35IN2O9/c1-34-9-6-28(25(33)19-4-3-8-36-19)18-12-16(24(32)27-5-7-29)13-20(22(18)31)37-23-17(26)10-15(14-30)11-21(23)35-2/h10-11,13,18-20,22,29-31H,3-9,12,14H2,1-2H3,(H,27,32). The second kappa shape index (κ2) is 14.3. The third kappa shape index (κ3) is 7.33. The van der Waals surface area contributed by atoms with Gasteiger partial charge in [-0.3, -0.25) is 9.59 Å². The Kier molecular flexibility index (Phi) is 11.4. The van der Waals surface area contributed by atoms with Gasteiger partial charge >= 0.3 is 0 Å². The maximum absolute atomic E-state index is 13.4. The van der Waals surface area contributed by atoms with Crippen molar-refractivity contribution in [2.45, 2.75) is 50.2 Å². The van der Waals surface area contributed by atoms with Gasteiger partial charge in [-0.05, 0) is 59.2 Å². The van der Waals surface area contributed by atoms with Gasteiger partial charge in [-0.2, -0.15) is 0 Å². The highest BCUT2D eigenvalue weighted by molar-refractivity contribution is 14.1. The molecule has 1 aliphatic carbocycles. The first-order valence-corrected chi connectivity index (χ1v) is 13.2. The summed E-state index contributed by atoms with van der Waals surface area (Å²) in [7, 11) is 2.99. The lowest BCUT2D eigenvalue weighted by Gasteiger charge is -2.41. The van der Waals surface area contributed by atoms with E-state index in [4.69, 9.17) is 24.1 Å². The SMILES string of the molecule is COCCN(C(=O)C1CCCO1)C1CC(C(=O)NCCO)=CC(Oc2c(I)cc(CO)cc2OC)C1O. The van der Waals surface area contributed by atoms with Gasteiger partial charge in [-0.15, -0.1) is 0 Å². The monoisotopic (exact) mass is 634 g/mol. The number of methoxy groups -OCH3 is 2. The lowest BCUT2D eigenvalue weighted by molar-refractivity contribution is -0.149. The molecular formula is C25H35IN2O9. The number of hydrogen-bond acceptors (Lipinski definition) is 9. The molecule has 206 valence electrons. The van der Waals surface area contributed by atoms with Gasteiger partial charge < -0.3 is 44.5 Å². The van der Waals surface area contributed by atoms with E-state index in [1.54, 1.807) is 12.1 Å². The van der Waals surface area contributed by atoms with E-state index < -0.39 is 30.3 Å². The van der Waals surface area contributed by atoms with Crippen molar-refractivity contribution in [2.75, 3.05) is 47.1 Å². The lowest BCUT2D eigenvalue weighted by atomic mass is 9.87. The number of carbonyl (C=O) groups is 2. The molecule has 2 amide bonds. The summed E-state index contributed by atoms with van der Waals surface area (Å²) < 4.78 is 23.2. The quantitative estimate of drug-likeness (QED) is 0.240. The number of aliphatic hydroxyl groups excluding tert-OH is 3. The van der Waals surface area contributed by atoms with Crippen molar-refractivity contribution in [1.29, 1.82) is 0 Å². The van der Waals surface area contributed by atoms with E-state index in [1.807, 2.05) is 22.6 Å². The van der Waals surface area contributed by atoms with Crippen LogP contribution in [0.5, 0.6) is 11.5 Å². The first-order valence-electron chi connectivity index (χ1n) is 12.2. The highest BCUT2D eigenvalue weighted by Gasteiger charge is 2.42. The Morgan fingerprint density at radius 2 is 2.05 bits per heavy atom. The van der Waals surface area contributed by atoms with Crippen LogP contribution in [0.2, 0.25) is 0 Å². The Morgan fingerprint density at radius 3 is 2.68 bits per heavy atom. The summed E-state index contributed by atoms with van der Waals surface area (Å²) in [6.45, 7) is 0.568. The normalized spacial score (nSPS) is 23.4. The van der Waals surface area contributed by atoms with E-state index >= 15 is 0 Å². The molecule has 1 aromatic rings. The molecule has 12 heteroatoms. The van der Waals surface area contributed by atoms with Crippen molar-refractivity contribution in [3.8, 4) is 11.5 Å². The molecule has 0 saturated carbocycles. The van der Waals surface area contributed by atoms with E-state index in [2.05, 4.69) is 5.32 Å². The number of benzene rings is 1. The predicted molar refractivity (Wildman–Crippen MR) is 141 cm³/mol. The van der Waals surface area contributed by atoms with Crippen LogP contribution >= 0.6 is 22.6 Å². The van der Waals surface area contributed by atoms with Crippen LogP contribution in [0.15, 0.2) is 23.8 Å². The maximum Gasteiger partial charge on any atom is 0.252 e. The minimum atomic E-state index is -1.19. The molecule has 0 radical (unpaired) electrons. The van der Waals surface area contributed by atoms with Crippen LogP contribution in [-0.2, 0) is 25.7 Å². The van der Waals surface area contributed by atoms with Gasteiger partial charge in [0.1, 0.15) is 18.3 Å². The average Bonchev–Trinajstić information content (AvgIpc) is 3.45. The van der Waals surface area contributed by atoms with Crippen molar-refractivity contribution in [3.63, 3.8) is 0 Å². The van der Waals surface area contributed by atoms with E-state index in [9.17, 15) is 19.8 Å². The number of aliphatic hydroxyl groups is 3. The Labute approximate surface area is 229 Å². The Hall–Kier alpha value is -1.97. The molecule has 4 unspecified atom stereocenters. The van der Waals surface area contributed by atoms with Crippen LogP contribution in [0.1, 0.15) is 24.8 Å². The molecule has 4 atom stereocenters. The molecule has 0 bridgehead atoms. The zero-order chi connectivity index (χ0) is 26.9. The van der Waals surface area contributed by atoms with Crippen molar-refractivity contribution in [2.24, 2.45) is 0 Å². The lowest BCUT2D eigenvalue weighted by Crippen LogP contribution is -2.57. The van der Waals surface area contributed by atoms with Crippen LogP contribution in [0.4, 0.5) is 0 Å². The fourth-order valence-electron chi connectivity index (χ4n) is 4.48. The summed E-state index contributed by atoms with van der Waals surface area (Å²) in [6, 6.07) is 2.57. The Balaban J connectivity index is 1.98. The zero-order valence-electron chi connectivity index (χ0n) is 21.0. The average molecular weight is 634 g/mol. The smallest absolute Gasteiger partial charge is 0.252 e. The third-order valence-corrected chi connectivity index (χ3v) is 7.17. The van der Waals surface area contributed by atoms with Gasteiger partial charge in [0.25, 0.3) is 5.91 Å². The van der Waals surface area contributed by atoms with E-state index in [0.717, 1.165) is 6.42 Å². The van der Waals surface area contributed by atoms with Crippen LogP contribution < -0.4 is 14.8 Å². The molecular weight excluding hydrogens is 599 g/mol. The van der Waals surface area contributed by atoms with Crippen molar-refractivity contribution in [1.82, 2.24) is 10.2 Å².